The fourth-order valence-corrected chi connectivity index (χ4v) is 9.72. The molecule has 0 aromatic carbocycles. The summed E-state index contributed by atoms with van der Waals surface area (Å²) in [6.07, 6.45) is 17.8. The molecule has 4 rings (SSSR count). The maximum Gasteiger partial charge on any atom is 0.329 e. The van der Waals surface area contributed by atoms with Gasteiger partial charge in [0.1, 0.15) is 24.0 Å². The molecule has 0 radical (unpaired) electrons. The third kappa shape index (κ3) is 14.8. The summed E-state index contributed by atoms with van der Waals surface area (Å²) in [5.41, 5.74) is 1.74. The van der Waals surface area contributed by atoms with Crippen molar-refractivity contribution in [3.05, 3.63) is 47.6 Å². The van der Waals surface area contributed by atoms with Crippen LogP contribution in [0.2, 0.25) is 0 Å². The van der Waals surface area contributed by atoms with E-state index in [0.717, 1.165) is 49.7 Å². The maximum atomic E-state index is 14.2. The van der Waals surface area contributed by atoms with E-state index in [4.69, 9.17) is 18.9 Å². The molecule has 2 saturated heterocycles. The average molecular weight is 840 g/mol. The summed E-state index contributed by atoms with van der Waals surface area (Å²) in [7, 11) is 3.29. The Morgan fingerprint density at radius 1 is 0.817 bits per heavy atom. The highest BCUT2D eigenvalue weighted by Crippen LogP contribution is 2.35. The minimum absolute atomic E-state index is 0.0253. The van der Waals surface area contributed by atoms with E-state index in [0.29, 0.717) is 57.9 Å². The zero-order valence-electron chi connectivity index (χ0n) is 37.9. The van der Waals surface area contributed by atoms with Gasteiger partial charge in [-0.1, -0.05) is 64.2 Å². The number of hydrogen-bond donors (Lipinski definition) is 2. The number of nitrogens with zero attached hydrogens (tertiary/aromatic N) is 1. The monoisotopic (exact) mass is 840 g/mol. The number of esters is 1. The standard InChI is InChI=1S/C49H77NO10/c1-31-15-10-9-11-16-33(3)45(57-7)29-38-17-14-19-44(59-38)47(54)48(55)50-24-13-12-18-39(50)49(56)60-43(36(6)27-37-21-22-40(51)46(28-37)58-8)23-20-32(2)26-35(5)42(53)30-41(52)34(4)25-31/h9-11,15-16,26,31-32,34,36-40,42-46,51,53H,12-14,17-25,27-30H2,1-8H3/b11-9+,15-10+,33-16+,35-26+/t31-,32+,34-,36-,37+,38?,39+,40-,42+,43+,44?,45+,46-/m1/s1. The minimum Gasteiger partial charge on any atom is -0.461 e. The number of aliphatic hydroxyl groups excluding tert-OH is 2. The van der Waals surface area contributed by atoms with E-state index in [1.807, 2.05) is 51.2 Å². The molecule has 2 unspecified atom stereocenters. The van der Waals surface area contributed by atoms with E-state index in [1.165, 1.54) is 4.90 Å². The molecule has 1 amide bonds. The predicted octanol–water partition coefficient (Wildman–Crippen LogP) is 7.81. The van der Waals surface area contributed by atoms with Crippen LogP contribution in [0.3, 0.4) is 0 Å². The fourth-order valence-electron chi connectivity index (χ4n) is 9.72. The zero-order valence-corrected chi connectivity index (χ0v) is 37.9. The Kier molecular flexibility index (Phi) is 20.4. The van der Waals surface area contributed by atoms with E-state index in [9.17, 15) is 29.4 Å². The van der Waals surface area contributed by atoms with Gasteiger partial charge < -0.3 is 34.1 Å². The summed E-state index contributed by atoms with van der Waals surface area (Å²) < 4.78 is 24.2. The topological polar surface area (TPSA) is 149 Å². The van der Waals surface area contributed by atoms with Crippen molar-refractivity contribution in [2.75, 3.05) is 20.8 Å². The van der Waals surface area contributed by atoms with Crippen LogP contribution in [-0.4, -0.2) is 108 Å². The highest BCUT2D eigenvalue weighted by atomic mass is 16.5. The van der Waals surface area contributed by atoms with Crippen LogP contribution in [0.4, 0.5) is 0 Å². The van der Waals surface area contributed by atoms with E-state index in [2.05, 4.69) is 26.8 Å². The molecule has 4 aliphatic rings. The van der Waals surface area contributed by atoms with Crippen molar-refractivity contribution < 1.29 is 48.3 Å². The van der Waals surface area contributed by atoms with Crippen LogP contribution in [-0.2, 0) is 38.1 Å². The molecule has 0 aromatic heterocycles. The van der Waals surface area contributed by atoms with Crippen LogP contribution in [0.25, 0.3) is 0 Å². The normalized spacial score (nSPS) is 39.0. The number of piperidine rings is 1. The Morgan fingerprint density at radius 3 is 2.32 bits per heavy atom. The predicted molar refractivity (Wildman–Crippen MR) is 233 cm³/mol. The number of carbonyl (C=O) groups excluding carboxylic acids is 4. The van der Waals surface area contributed by atoms with Crippen LogP contribution >= 0.6 is 0 Å². The molecule has 1 saturated carbocycles. The summed E-state index contributed by atoms with van der Waals surface area (Å²) in [6.45, 7) is 12.3. The first-order valence-electron chi connectivity index (χ1n) is 23.0. The number of aliphatic hydroxyl groups is 2. The van der Waals surface area contributed by atoms with E-state index >= 15 is 0 Å². The number of ketones is 2. The second-order valence-corrected chi connectivity index (χ2v) is 18.7. The molecular formula is C49H77NO10. The zero-order chi connectivity index (χ0) is 43.9. The number of fused-ring (bicyclic) bond motifs is 3. The van der Waals surface area contributed by atoms with Crippen molar-refractivity contribution in [1.29, 1.82) is 0 Å². The maximum absolute atomic E-state index is 14.2. The van der Waals surface area contributed by atoms with Crippen molar-refractivity contribution in [3.8, 4) is 0 Å². The summed E-state index contributed by atoms with van der Waals surface area (Å²) in [4.78, 5) is 56.8. The fraction of sp³-hybridized carbons (Fsp3) is 0.755. The Morgan fingerprint density at radius 2 is 1.58 bits per heavy atom. The van der Waals surface area contributed by atoms with Gasteiger partial charge in [0.05, 0.1) is 30.5 Å². The van der Waals surface area contributed by atoms with E-state index < -0.39 is 48.1 Å². The van der Waals surface area contributed by atoms with E-state index in [1.54, 1.807) is 14.2 Å². The molecule has 60 heavy (non-hydrogen) atoms. The second kappa shape index (κ2) is 24.6. The molecule has 0 aromatic rings. The van der Waals surface area contributed by atoms with Crippen molar-refractivity contribution in [3.63, 3.8) is 0 Å². The summed E-state index contributed by atoms with van der Waals surface area (Å²) >= 11 is 0. The van der Waals surface area contributed by atoms with Gasteiger partial charge in [-0.25, -0.2) is 4.79 Å². The molecule has 2 N–H and O–H groups in total. The highest BCUT2D eigenvalue weighted by Gasteiger charge is 2.42. The molecule has 3 heterocycles. The Balaban J connectivity index is 1.59. The largest absolute Gasteiger partial charge is 0.461 e. The van der Waals surface area contributed by atoms with E-state index in [-0.39, 0.29) is 60.1 Å². The van der Waals surface area contributed by atoms with Gasteiger partial charge in [0.15, 0.2) is 0 Å². The molecule has 13 atom stereocenters. The number of methoxy groups -OCH3 is 2. The molecule has 338 valence electrons. The third-order valence-corrected chi connectivity index (χ3v) is 13.6. The molecule has 3 fully saturated rings. The number of rotatable bonds is 5. The van der Waals surface area contributed by atoms with Crippen LogP contribution in [0.1, 0.15) is 138 Å². The SMILES string of the molecule is CO[C@H]1CC2CCCC(O2)C(=O)C(=O)N2CCCC[C@H]2C(=O)O[C@H]([C@H](C)C[C@@H]2CC[C@@H](O)[C@H](OC)C2)CC[C@H](C)/C=C(\C)[C@@H](O)CC(=O)[C@H](C)C[C@H](C)/C=C/C=C/C=C/1C. The minimum atomic E-state index is -0.886. The number of cyclic esters (lactones) is 1. The van der Waals surface area contributed by atoms with Gasteiger partial charge in [-0.3, -0.25) is 14.4 Å². The second-order valence-electron chi connectivity index (χ2n) is 18.7. The first-order chi connectivity index (χ1) is 28.6. The van der Waals surface area contributed by atoms with Crippen molar-refractivity contribution in [1.82, 2.24) is 4.90 Å². The van der Waals surface area contributed by atoms with Crippen molar-refractivity contribution in [2.45, 2.75) is 187 Å². The number of carbonyl (C=O) groups is 4. The van der Waals surface area contributed by atoms with Crippen molar-refractivity contribution >= 4 is 23.4 Å². The molecular weight excluding hydrogens is 763 g/mol. The molecule has 0 spiro atoms. The molecule has 11 heteroatoms. The Labute approximate surface area is 360 Å². The smallest absolute Gasteiger partial charge is 0.329 e. The molecule has 1 aliphatic carbocycles. The Hall–Kier alpha value is -2.96. The lowest BCUT2D eigenvalue weighted by Crippen LogP contribution is -2.54. The Bertz CT molecular complexity index is 1530. The quantitative estimate of drug-likeness (QED) is 0.160. The summed E-state index contributed by atoms with van der Waals surface area (Å²) in [5, 5.41) is 21.6. The molecule has 3 aliphatic heterocycles. The van der Waals surface area contributed by atoms with Gasteiger partial charge in [0.25, 0.3) is 5.91 Å². The molecule has 2 bridgehead atoms. The van der Waals surface area contributed by atoms with Crippen molar-refractivity contribution in [2.24, 2.45) is 29.6 Å². The van der Waals surface area contributed by atoms with Gasteiger partial charge in [0, 0.05) is 39.5 Å². The van der Waals surface area contributed by atoms with Gasteiger partial charge in [0.2, 0.25) is 5.78 Å². The lowest BCUT2D eigenvalue weighted by Gasteiger charge is -2.38. The van der Waals surface area contributed by atoms with Gasteiger partial charge in [-0.05, 0) is 132 Å². The van der Waals surface area contributed by atoms with Gasteiger partial charge in [-0.15, -0.1) is 0 Å². The summed E-state index contributed by atoms with van der Waals surface area (Å²) in [6, 6.07) is -0.866. The van der Waals surface area contributed by atoms with Crippen LogP contribution < -0.4 is 0 Å². The third-order valence-electron chi connectivity index (χ3n) is 13.6. The number of Topliss-reactive ketones (excluding diaryl/α,β-unsaturated/α-hetero) is 2. The molecule has 11 nitrogen and oxygen atoms in total. The van der Waals surface area contributed by atoms with Crippen LogP contribution in [0.15, 0.2) is 47.6 Å². The van der Waals surface area contributed by atoms with Gasteiger partial charge in [-0.2, -0.15) is 0 Å². The lowest BCUT2D eigenvalue weighted by molar-refractivity contribution is -0.168. The number of hydrogen-bond acceptors (Lipinski definition) is 10. The number of allylic oxidation sites excluding steroid dienone is 6. The average Bonchev–Trinajstić information content (AvgIpc) is 3.23. The first-order valence-corrected chi connectivity index (χ1v) is 23.0. The van der Waals surface area contributed by atoms with Gasteiger partial charge >= 0.3 is 5.97 Å². The highest BCUT2D eigenvalue weighted by molar-refractivity contribution is 6.38. The van der Waals surface area contributed by atoms with Crippen LogP contribution in [0, 0.1) is 29.6 Å². The number of amides is 1. The summed E-state index contributed by atoms with van der Waals surface area (Å²) in [5.74, 6) is -1.50. The van der Waals surface area contributed by atoms with Crippen LogP contribution in [0.5, 0.6) is 0 Å². The lowest BCUT2D eigenvalue weighted by atomic mass is 9.78. The number of ether oxygens (including phenoxy) is 4. The first kappa shape index (κ1) is 49.7.